The van der Waals surface area contributed by atoms with E-state index in [-0.39, 0.29) is 11.7 Å². The van der Waals surface area contributed by atoms with Crippen molar-refractivity contribution in [3.8, 4) is 0 Å². The standard InChI is InChI=1S/C21H23F2N5O/c1-13-19-18(9-16(11-24-19)28-7-6-17(12-28)29-2)21(27-26-13)25-10-14-4-3-5-15(8-14)20(22)23/h3-5,8-9,11,17,20H,6-7,10,12H2,1-2H3,(H,25,27). The highest BCUT2D eigenvalue weighted by Gasteiger charge is 2.23. The van der Waals surface area contributed by atoms with E-state index in [9.17, 15) is 8.78 Å². The van der Waals surface area contributed by atoms with Gasteiger partial charge < -0.3 is 15.0 Å². The molecule has 1 N–H and O–H groups in total. The van der Waals surface area contributed by atoms with E-state index in [0.717, 1.165) is 47.4 Å². The van der Waals surface area contributed by atoms with Crippen molar-refractivity contribution in [2.45, 2.75) is 32.4 Å². The molecular weight excluding hydrogens is 376 g/mol. The quantitative estimate of drug-likeness (QED) is 0.673. The Morgan fingerprint density at radius 1 is 1.28 bits per heavy atom. The first-order valence-electron chi connectivity index (χ1n) is 9.57. The van der Waals surface area contributed by atoms with Crippen molar-refractivity contribution in [1.29, 1.82) is 0 Å². The highest BCUT2D eigenvalue weighted by atomic mass is 19.3. The van der Waals surface area contributed by atoms with Crippen molar-refractivity contribution >= 4 is 22.4 Å². The van der Waals surface area contributed by atoms with Gasteiger partial charge >= 0.3 is 0 Å². The fraction of sp³-hybridized carbons (Fsp3) is 0.381. The molecule has 3 heterocycles. The van der Waals surface area contributed by atoms with Crippen molar-refractivity contribution in [2.24, 2.45) is 0 Å². The lowest BCUT2D eigenvalue weighted by molar-refractivity contribution is 0.121. The Hall–Kier alpha value is -2.87. The average molecular weight is 399 g/mol. The molecule has 4 rings (SSSR count). The number of nitrogens with zero attached hydrogens (tertiary/aromatic N) is 4. The molecule has 1 unspecified atom stereocenters. The summed E-state index contributed by atoms with van der Waals surface area (Å²) in [7, 11) is 1.73. The van der Waals surface area contributed by atoms with Crippen LogP contribution in [0.25, 0.3) is 10.9 Å². The maximum atomic E-state index is 12.9. The van der Waals surface area contributed by atoms with Crippen LogP contribution in [-0.2, 0) is 11.3 Å². The molecule has 0 spiro atoms. The Kier molecular flexibility index (Phi) is 5.53. The summed E-state index contributed by atoms with van der Waals surface area (Å²) in [6, 6.07) is 8.42. The molecule has 152 valence electrons. The minimum atomic E-state index is -2.49. The zero-order valence-corrected chi connectivity index (χ0v) is 16.4. The maximum Gasteiger partial charge on any atom is 0.263 e. The summed E-state index contributed by atoms with van der Waals surface area (Å²) in [5, 5.41) is 12.6. The number of fused-ring (bicyclic) bond motifs is 1. The van der Waals surface area contributed by atoms with Crippen LogP contribution in [0.3, 0.4) is 0 Å². The molecule has 1 saturated heterocycles. The normalized spacial score (nSPS) is 16.7. The number of ether oxygens (including phenoxy) is 1. The first-order chi connectivity index (χ1) is 14.0. The van der Waals surface area contributed by atoms with Gasteiger partial charge in [0, 0.05) is 37.7 Å². The van der Waals surface area contributed by atoms with Gasteiger partial charge in [-0.25, -0.2) is 8.78 Å². The summed E-state index contributed by atoms with van der Waals surface area (Å²) >= 11 is 0. The molecule has 1 aromatic carbocycles. The molecule has 1 fully saturated rings. The zero-order valence-electron chi connectivity index (χ0n) is 16.4. The molecule has 2 aromatic heterocycles. The highest BCUT2D eigenvalue weighted by Crippen LogP contribution is 2.29. The summed E-state index contributed by atoms with van der Waals surface area (Å²) in [4.78, 5) is 6.85. The lowest BCUT2D eigenvalue weighted by atomic mass is 10.1. The average Bonchev–Trinajstić information content (AvgIpc) is 3.22. The number of alkyl halides is 2. The van der Waals surface area contributed by atoms with E-state index in [2.05, 4.69) is 31.5 Å². The summed E-state index contributed by atoms with van der Waals surface area (Å²) < 4.78 is 31.3. The van der Waals surface area contributed by atoms with Gasteiger partial charge in [0.25, 0.3) is 6.43 Å². The number of rotatable bonds is 6. The van der Waals surface area contributed by atoms with Gasteiger partial charge in [0.05, 0.1) is 29.2 Å². The number of pyridine rings is 1. The van der Waals surface area contributed by atoms with Crippen LogP contribution < -0.4 is 10.2 Å². The summed E-state index contributed by atoms with van der Waals surface area (Å²) in [5.41, 5.74) is 3.29. The fourth-order valence-electron chi connectivity index (χ4n) is 3.63. The van der Waals surface area contributed by atoms with Gasteiger partial charge in [-0.05, 0) is 31.0 Å². The van der Waals surface area contributed by atoms with Gasteiger partial charge in [-0.2, -0.15) is 5.10 Å². The van der Waals surface area contributed by atoms with E-state index in [4.69, 9.17) is 4.74 Å². The molecule has 1 atom stereocenters. The zero-order chi connectivity index (χ0) is 20.4. The summed E-state index contributed by atoms with van der Waals surface area (Å²) in [6.45, 7) is 3.97. The second kappa shape index (κ2) is 8.24. The van der Waals surface area contributed by atoms with E-state index in [0.29, 0.717) is 12.4 Å². The van der Waals surface area contributed by atoms with E-state index < -0.39 is 6.43 Å². The number of aromatic nitrogens is 3. The minimum absolute atomic E-state index is 0.00910. The highest BCUT2D eigenvalue weighted by molar-refractivity contribution is 5.92. The first-order valence-corrected chi connectivity index (χ1v) is 9.57. The number of anilines is 2. The Labute approximate surface area is 167 Å². The van der Waals surface area contributed by atoms with Crippen LogP contribution in [0.15, 0.2) is 36.5 Å². The number of halogens is 2. The van der Waals surface area contributed by atoms with Crippen molar-refractivity contribution in [3.63, 3.8) is 0 Å². The maximum absolute atomic E-state index is 12.9. The molecule has 0 radical (unpaired) electrons. The van der Waals surface area contributed by atoms with E-state index in [1.54, 1.807) is 13.2 Å². The Morgan fingerprint density at radius 3 is 2.90 bits per heavy atom. The van der Waals surface area contributed by atoms with Crippen LogP contribution in [0.1, 0.15) is 29.7 Å². The molecule has 0 bridgehead atoms. The lowest BCUT2D eigenvalue weighted by Gasteiger charge is -2.19. The predicted molar refractivity (Wildman–Crippen MR) is 108 cm³/mol. The second-order valence-corrected chi connectivity index (χ2v) is 7.22. The second-order valence-electron chi connectivity index (χ2n) is 7.22. The van der Waals surface area contributed by atoms with Crippen molar-refractivity contribution in [1.82, 2.24) is 15.2 Å². The summed E-state index contributed by atoms with van der Waals surface area (Å²) in [5.74, 6) is 0.588. The Morgan fingerprint density at radius 2 is 2.14 bits per heavy atom. The van der Waals surface area contributed by atoms with Crippen LogP contribution in [0.2, 0.25) is 0 Å². The van der Waals surface area contributed by atoms with Crippen molar-refractivity contribution in [3.05, 3.63) is 53.3 Å². The predicted octanol–water partition coefficient (Wildman–Crippen LogP) is 4.11. The molecule has 6 nitrogen and oxygen atoms in total. The number of hydrogen-bond acceptors (Lipinski definition) is 6. The number of aryl methyl sites for hydroxylation is 1. The van der Waals surface area contributed by atoms with E-state index in [1.165, 1.54) is 12.1 Å². The molecular formula is C21H23F2N5O. The number of benzene rings is 1. The van der Waals surface area contributed by atoms with Gasteiger partial charge in [0.15, 0.2) is 5.82 Å². The number of hydrogen-bond donors (Lipinski definition) is 1. The van der Waals surface area contributed by atoms with Gasteiger partial charge in [0.1, 0.15) is 0 Å². The minimum Gasteiger partial charge on any atom is -0.380 e. The molecule has 0 saturated carbocycles. The number of methoxy groups -OCH3 is 1. The van der Waals surface area contributed by atoms with Crippen LogP contribution in [0.4, 0.5) is 20.3 Å². The topological polar surface area (TPSA) is 63.2 Å². The molecule has 0 aliphatic carbocycles. The smallest absolute Gasteiger partial charge is 0.263 e. The third kappa shape index (κ3) is 4.12. The Bertz CT molecular complexity index is 1010. The van der Waals surface area contributed by atoms with Gasteiger partial charge in [0.2, 0.25) is 0 Å². The molecule has 1 aliphatic heterocycles. The molecule has 8 heteroatoms. The third-order valence-electron chi connectivity index (χ3n) is 5.28. The van der Waals surface area contributed by atoms with Crippen molar-refractivity contribution < 1.29 is 13.5 Å². The van der Waals surface area contributed by atoms with E-state index in [1.807, 2.05) is 19.2 Å². The molecule has 0 amide bonds. The fourth-order valence-corrected chi connectivity index (χ4v) is 3.63. The summed E-state index contributed by atoms with van der Waals surface area (Å²) in [6.07, 6.45) is 0.569. The Balaban J connectivity index is 1.61. The first kappa shape index (κ1) is 19.4. The van der Waals surface area contributed by atoms with E-state index >= 15 is 0 Å². The molecule has 1 aliphatic rings. The molecule has 29 heavy (non-hydrogen) atoms. The van der Waals surface area contributed by atoms with Gasteiger partial charge in [-0.1, -0.05) is 18.2 Å². The third-order valence-corrected chi connectivity index (χ3v) is 5.28. The van der Waals surface area contributed by atoms with Crippen LogP contribution >= 0.6 is 0 Å². The largest absolute Gasteiger partial charge is 0.380 e. The number of nitrogens with one attached hydrogen (secondary N) is 1. The van der Waals surface area contributed by atoms with Crippen molar-refractivity contribution in [2.75, 3.05) is 30.4 Å². The monoisotopic (exact) mass is 399 g/mol. The van der Waals surface area contributed by atoms with Gasteiger partial charge in [-0.15, -0.1) is 5.10 Å². The van der Waals surface area contributed by atoms with Gasteiger partial charge in [-0.3, -0.25) is 4.98 Å². The lowest BCUT2D eigenvalue weighted by Crippen LogP contribution is -2.22. The molecule has 3 aromatic rings. The van der Waals surface area contributed by atoms with Crippen LogP contribution in [0.5, 0.6) is 0 Å². The van der Waals surface area contributed by atoms with Crippen LogP contribution in [0, 0.1) is 6.92 Å². The van der Waals surface area contributed by atoms with Crippen LogP contribution in [-0.4, -0.2) is 41.5 Å². The SMILES string of the molecule is COC1CCN(c2cnc3c(C)nnc(NCc4cccc(C(F)F)c4)c3c2)C1.